The number of ether oxygens (including phenoxy) is 3. The predicted octanol–water partition coefficient (Wildman–Crippen LogP) is 6.93. The van der Waals surface area contributed by atoms with E-state index in [1.807, 2.05) is 30.3 Å². The summed E-state index contributed by atoms with van der Waals surface area (Å²) >= 11 is 0. The van der Waals surface area contributed by atoms with Crippen molar-refractivity contribution in [1.82, 2.24) is 9.97 Å². The Kier molecular flexibility index (Phi) is 6.62. The van der Waals surface area contributed by atoms with E-state index in [4.69, 9.17) is 14.2 Å². The number of hydrogen-bond donors (Lipinski definition) is 1. The van der Waals surface area contributed by atoms with E-state index >= 15 is 0 Å². The second-order valence-corrected chi connectivity index (χ2v) is 8.69. The van der Waals surface area contributed by atoms with Crippen LogP contribution in [0.3, 0.4) is 0 Å². The number of nitrogens with one attached hydrogen (secondary N) is 1. The molecule has 1 aliphatic rings. The molecular formula is C29H31N3O3. The number of nitrogens with zero attached hydrogens (tertiary/aromatic N) is 2. The van der Waals surface area contributed by atoms with Crippen molar-refractivity contribution < 1.29 is 14.2 Å². The molecule has 1 saturated heterocycles. The Morgan fingerprint density at radius 3 is 2.14 bits per heavy atom. The van der Waals surface area contributed by atoms with Gasteiger partial charge < -0.3 is 24.1 Å². The van der Waals surface area contributed by atoms with E-state index in [1.165, 1.54) is 0 Å². The minimum Gasteiger partial charge on any atom is -0.494 e. The van der Waals surface area contributed by atoms with E-state index in [0.717, 1.165) is 52.2 Å². The second-order valence-electron chi connectivity index (χ2n) is 8.69. The van der Waals surface area contributed by atoms with Crippen molar-refractivity contribution in [1.29, 1.82) is 0 Å². The van der Waals surface area contributed by atoms with Crippen LogP contribution in [0.2, 0.25) is 0 Å². The van der Waals surface area contributed by atoms with E-state index in [2.05, 4.69) is 71.7 Å². The van der Waals surface area contributed by atoms with Gasteiger partial charge in [0, 0.05) is 5.69 Å². The van der Waals surface area contributed by atoms with Gasteiger partial charge in [-0.1, -0.05) is 38.1 Å². The summed E-state index contributed by atoms with van der Waals surface area (Å²) in [4.78, 5) is 9.72. The van der Waals surface area contributed by atoms with Gasteiger partial charge in [-0.05, 0) is 73.0 Å². The van der Waals surface area contributed by atoms with E-state index in [-0.39, 0.29) is 12.1 Å². The number of rotatable bonds is 9. The quantitative estimate of drug-likeness (QED) is 0.288. The highest BCUT2D eigenvalue weighted by Crippen LogP contribution is 2.49. The Hall–Kier alpha value is -3.93. The highest BCUT2D eigenvalue weighted by Gasteiger charge is 2.41. The van der Waals surface area contributed by atoms with Crippen LogP contribution in [0.15, 0.2) is 85.5 Å². The highest BCUT2D eigenvalue weighted by atomic mass is 16.5. The first-order valence-electron chi connectivity index (χ1n) is 12.2. The monoisotopic (exact) mass is 469 g/mol. The summed E-state index contributed by atoms with van der Waals surface area (Å²) in [6, 6.07) is 22.5. The van der Waals surface area contributed by atoms with Crippen LogP contribution in [-0.4, -0.2) is 23.2 Å². The lowest BCUT2D eigenvalue weighted by Gasteiger charge is -2.27. The standard InChI is InChI=1S/C29H31N3O3/c1-4-16-33-24-11-6-21(7-12-24)28-29(22-8-13-25(14-9-22)34-17-5-2)35-20(3)32(28)23-10-15-26-27(18-23)31-19-30-26/h6-15,18-19,28-29H,3-5,16-17H2,1-2H3,(H,30,31)/t28-,29+/m0/s1. The van der Waals surface area contributed by atoms with Crippen LogP contribution < -0.4 is 14.4 Å². The normalized spacial score (nSPS) is 17.5. The van der Waals surface area contributed by atoms with Crippen molar-refractivity contribution in [2.45, 2.75) is 38.8 Å². The van der Waals surface area contributed by atoms with E-state index in [1.54, 1.807) is 6.33 Å². The lowest BCUT2D eigenvalue weighted by Crippen LogP contribution is -2.23. The van der Waals surface area contributed by atoms with Gasteiger partial charge in [-0.3, -0.25) is 0 Å². The minimum absolute atomic E-state index is 0.106. The number of aromatic nitrogens is 2. The third-order valence-electron chi connectivity index (χ3n) is 6.15. The summed E-state index contributed by atoms with van der Waals surface area (Å²) in [5.74, 6) is 2.34. The molecule has 5 rings (SSSR count). The predicted molar refractivity (Wildman–Crippen MR) is 139 cm³/mol. The Bertz CT molecular complexity index is 1280. The van der Waals surface area contributed by atoms with Gasteiger partial charge in [-0.25, -0.2) is 4.98 Å². The van der Waals surface area contributed by atoms with Gasteiger partial charge in [0.2, 0.25) is 0 Å². The molecule has 35 heavy (non-hydrogen) atoms. The van der Waals surface area contributed by atoms with E-state index < -0.39 is 0 Å². The molecule has 0 aliphatic carbocycles. The van der Waals surface area contributed by atoms with Crippen molar-refractivity contribution in [3.8, 4) is 11.5 Å². The smallest absolute Gasteiger partial charge is 0.187 e. The molecule has 1 aromatic heterocycles. The summed E-state index contributed by atoms with van der Waals surface area (Å²) in [5.41, 5.74) is 5.07. The van der Waals surface area contributed by atoms with Crippen molar-refractivity contribution in [2.75, 3.05) is 18.1 Å². The van der Waals surface area contributed by atoms with Crippen LogP contribution in [0.4, 0.5) is 5.69 Å². The van der Waals surface area contributed by atoms with Crippen LogP contribution in [-0.2, 0) is 4.74 Å². The van der Waals surface area contributed by atoms with Gasteiger partial charge >= 0.3 is 0 Å². The first-order valence-corrected chi connectivity index (χ1v) is 12.2. The number of H-pyrrole nitrogens is 1. The van der Waals surface area contributed by atoms with Gasteiger partial charge in [0.1, 0.15) is 17.5 Å². The average molecular weight is 470 g/mol. The van der Waals surface area contributed by atoms with Gasteiger partial charge in [-0.15, -0.1) is 0 Å². The fourth-order valence-corrected chi connectivity index (χ4v) is 4.47. The molecule has 0 bridgehead atoms. The molecule has 180 valence electrons. The average Bonchev–Trinajstić information content (AvgIpc) is 3.50. The molecule has 1 fully saturated rings. The molecule has 3 aromatic carbocycles. The van der Waals surface area contributed by atoms with Crippen molar-refractivity contribution in [2.24, 2.45) is 0 Å². The largest absolute Gasteiger partial charge is 0.494 e. The molecule has 1 N–H and O–H groups in total. The summed E-state index contributed by atoms with van der Waals surface area (Å²) in [5, 5.41) is 0. The van der Waals surface area contributed by atoms with Crippen LogP contribution in [0.1, 0.15) is 50.0 Å². The van der Waals surface area contributed by atoms with Gasteiger partial charge in [-0.2, -0.15) is 0 Å². The highest BCUT2D eigenvalue weighted by molar-refractivity contribution is 5.80. The minimum atomic E-state index is -0.234. The Labute approximate surface area is 206 Å². The van der Waals surface area contributed by atoms with E-state index in [9.17, 15) is 0 Å². The third-order valence-corrected chi connectivity index (χ3v) is 6.15. The molecule has 4 aromatic rings. The van der Waals surface area contributed by atoms with Crippen LogP contribution in [0.25, 0.3) is 11.0 Å². The zero-order valence-corrected chi connectivity index (χ0v) is 20.2. The Morgan fingerprint density at radius 2 is 1.51 bits per heavy atom. The second kappa shape index (κ2) is 10.1. The maximum Gasteiger partial charge on any atom is 0.187 e. The first kappa shape index (κ1) is 22.8. The number of imidazole rings is 1. The zero-order valence-electron chi connectivity index (χ0n) is 20.2. The number of anilines is 1. The number of hydrogen-bond acceptors (Lipinski definition) is 5. The van der Waals surface area contributed by atoms with Crippen LogP contribution >= 0.6 is 0 Å². The van der Waals surface area contributed by atoms with Gasteiger partial charge in [0.25, 0.3) is 0 Å². The van der Waals surface area contributed by atoms with Crippen molar-refractivity contribution in [3.05, 3.63) is 96.6 Å². The molecule has 6 nitrogen and oxygen atoms in total. The van der Waals surface area contributed by atoms with Gasteiger partial charge in [0.05, 0.1) is 30.6 Å². The van der Waals surface area contributed by atoms with Crippen molar-refractivity contribution in [3.63, 3.8) is 0 Å². The van der Waals surface area contributed by atoms with Gasteiger partial charge in [0.15, 0.2) is 12.0 Å². The molecule has 6 heteroatoms. The van der Waals surface area contributed by atoms with Crippen LogP contribution in [0, 0.1) is 0 Å². The molecule has 2 heterocycles. The summed E-state index contributed by atoms with van der Waals surface area (Å²) in [6.45, 7) is 9.89. The maximum atomic E-state index is 6.42. The number of fused-ring (bicyclic) bond motifs is 1. The fourth-order valence-electron chi connectivity index (χ4n) is 4.47. The summed E-state index contributed by atoms with van der Waals surface area (Å²) < 4.78 is 18.0. The first-order chi connectivity index (χ1) is 17.2. The molecule has 0 amide bonds. The molecule has 2 atom stereocenters. The fraction of sp³-hybridized carbons (Fsp3) is 0.276. The maximum absolute atomic E-state index is 6.42. The molecular weight excluding hydrogens is 438 g/mol. The number of benzene rings is 3. The SMILES string of the molecule is C=C1O[C@H](c2ccc(OCCC)cc2)[C@H](c2ccc(OCCC)cc2)N1c1ccc2nc[nH]c2c1. The topological polar surface area (TPSA) is 59.6 Å². The van der Waals surface area contributed by atoms with E-state index in [0.29, 0.717) is 19.1 Å². The lowest BCUT2D eigenvalue weighted by atomic mass is 9.94. The Morgan fingerprint density at radius 1 is 0.886 bits per heavy atom. The molecule has 0 saturated carbocycles. The third kappa shape index (κ3) is 4.69. The molecule has 0 unspecified atom stereocenters. The molecule has 1 aliphatic heterocycles. The van der Waals surface area contributed by atoms with Crippen LogP contribution in [0.5, 0.6) is 11.5 Å². The lowest BCUT2D eigenvalue weighted by molar-refractivity contribution is 0.152. The summed E-state index contributed by atoms with van der Waals surface area (Å²) in [6.07, 6.45) is 3.43. The number of aromatic amines is 1. The molecule has 0 spiro atoms. The summed E-state index contributed by atoms with van der Waals surface area (Å²) in [7, 11) is 0. The zero-order chi connectivity index (χ0) is 24.2. The Balaban J connectivity index is 1.52. The molecule has 0 radical (unpaired) electrons. The van der Waals surface area contributed by atoms with Crippen molar-refractivity contribution >= 4 is 16.7 Å².